The summed E-state index contributed by atoms with van der Waals surface area (Å²) in [5.41, 5.74) is 2.64. The zero-order valence-corrected chi connectivity index (χ0v) is 25.6. The lowest BCUT2D eigenvalue weighted by Gasteiger charge is -2.25. The van der Waals surface area contributed by atoms with Crippen LogP contribution >= 0.6 is 11.3 Å². The standard InChI is InChI=1S/C24H39N5O5S3/c1-15(2)20(18-10-16(12-34-18)24(6,7)8)25-19-11-29(36(31)27-19)26-17-13-35-22(21(17)30)37(32,33)28(9)14-23(3,4)5/h10,12-13,15,20,26,30H,11,14H2,1-9H3,(H,25,27)/p+2. The largest absolute Gasteiger partial charge is 0.501 e. The highest BCUT2D eigenvalue weighted by Gasteiger charge is 2.37. The van der Waals surface area contributed by atoms with Gasteiger partial charge in [0.05, 0.1) is 11.6 Å². The molecule has 0 saturated carbocycles. The first kappa shape index (κ1) is 29.9. The number of quaternary nitrogens is 2. The average Bonchev–Trinajstić information content (AvgIpc) is 3.45. The van der Waals surface area contributed by atoms with Crippen LogP contribution < -0.4 is 10.7 Å². The number of nitrogens with two attached hydrogens (primary N) is 2. The summed E-state index contributed by atoms with van der Waals surface area (Å²) in [5, 5.41) is 14.3. The lowest BCUT2D eigenvalue weighted by atomic mass is 9.88. The summed E-state index contributed by atoms with van der Waals surface area (Å²) in [6.45, 7) is 17.0. The summed E-state index contributed by atoms with van der Waals surface area (Å²) >= 11 is -0.746. The molecule has 0 spiro atoms. The van der Waals surface area contributed by atoms with Crippen molar-refractivity contribution < 1.29 is 32.9 Å². The van der Waals surface area contributed by atoms with Crippen molar-refractivity contribution in [1.82, 2.24) is 8.72 Å². The Morgan fingerprint density at radius 3 is 2.46 bits per heavy atom. The number of sulfonamides is 1. The van der Waals surface area contributed by atoms with Crippen molar-refractivity contribution in [3.8, 4) is 5.75 Å². The predicted molar refractivity (Wildman–Crippen MR) is 146 cm³/mol. The SMILES string of the molecule is CC(C)C([NH2+]C1=NS(=O)N([NH2+]c2csc(S(=O)(=O)N(C)CC(C)(C)C)c2O)C1)c1cc(C(C)(C)C)co1. The molecule has 2 unspecified atom stereocenters. The van der Waals surface area contributed by atoms with Crippen molar-refractivity contribution >= 4 is 44.1 Å². The van der Waals surface area contributed by atoms with E-state index in [1.165, 1.54) is 21.2 Å². The fourth-order valence-corrected chi connectivity index (χ4v) is 7.69. The highest BCUT2D eigenvalue weighted by Crippen LogP contribution is 2.37. The fraction of sp³-hybridized carbons (Fsp3) is 0.625. The van der Waals surface area contributed by atoms with E-state index in [9.17, 15) is 17.7 Å². The van der Waals surface area contributed by atoms with Gasteiger partial charge in [-0.1, -0.05) is 55.4 Å². The van der Waals surface area contributed by atoms with E-state index in [4.69, 9.17) is 4.42 Å². The second kappa shape index (κ2) is 10.9. The van der Waals surface area contributed by atoms with Gasteiger partial charge < -0.3 is 9.52 Å². The average molecular weight is 576 g/mol. The summed E-state index contributed by atoms with van der Waals surface area (Å²) < 4.78 is 51.6. The van der Waals surface area contributed by atoms with E-state index in [2.05, 4.69) is 45.1 Å². The van der Waals surface area contributed by atoms with Crippen LogP contribution in [0.3, 0.4) is 0 Å². The number of nitrogens with zero attached hydrogens (tertiary/aromatic N) is 3. The smallest absolute Gasteiger partial charge is 0.271 e. The zero-order chi connectivity index (χ0) is 27.9. The van der Waals surface area contributed by atoms with Gasteiger partial charge >= 0.3 is 0 Å². The first-order valence-electron chi connectivity index (χ1n) is 12.2. The Hall–Kier alpha value is -1.61. The molecule has 0 saturated heterocycles. The Bertz CT molecular complexity index is 1270. The van der Waals surface area contributed by atoms with E-state index in [0.29, 0.717) is 18.1 Å². The van der Waals surface area contributed by atoms with Crippen molar-refractivity contribution in [3.05, 3.63) is 29.0 Å². The molecule has 0 fully saturated rings. The number of furan rings is 1. The van der Waals surface area contributed by atoms with Crippen LogP contribution in [0.1, 0.15) is 72.8 Å². The van der Waals surface area contributed by atoms with Gasteiger partial charge in [0.2, 0.25) is 17.3 Å². The summed E-state index contributed by atoms with van der Waals surface area (Å²) in [6, 6.07) is 2.02. The Morgan fingerprint density at radius 1 is 1.27 bits per heavy atom. The van der Waals surface area contributed by atoms with Crippen LogP contribution in [0.2, 0.25) is 0 Å². The van der Waals surface area contributed by atoms with E-state index < -0.39 is 21.2 Å². The maximum atomic E-state index is 13.0. The van der Waals surface area contributed by atoms with E-state index in [0.717, 1.165) is 22.7 Å². The van der Waals surface area contributed by atoms with Gasteiger partial charge in [0.15, 0.2) is 22.6 Å². The van der Waals surface area contributed by atoms with Gasteiger partial charge in [0, 0.05) is 19.5 Å². The highest BCUT2D eigenvalue weighted by molar-refractivity contribution is 7.91. The first-order valence-corrected chi connectivity index (χ1v) is 15.6. The molecule has 10 nitrogen and oxygen atoms in total. The van der Waals surface area contributed by atoms with Gasteiger partial charge in [-0.2, -0.15) is 4.31 Å². The molecule has 0 bridgehead atoms. The summed E-state index contributed by atoms with van der Waals surface area (Å²) in [6.07, 6.45) is 1.79. The van der Waals surface area contributed by atoms with Gasteiger partial charge in [0.25, 0.3) is 21.2 Å². The molecule has 0 aliphatic carbocycles. The second-order valence-corrected chi connectivity index (χ2v) is 16.3. The molecule has 1 aliphatic rings. The minimum Gasteiger partial charge on any atom is -0.501 e. The second-order valence-electron chi connectivity index (χ2n) is 12.1. The third-order valence-electron chi connectivity index (χ3n) is 6.00. The molecule has 5 N–H and O–H groups in total. The Morgan fingerprint density at radius 2 is 1.92 bits per heavy atom. The monoisotopic (exact) mass is 575 g/mol. The molecule has 2 aromatic heterocycles. The van der Waals surface area contributed by atoms with Gasteiger partial charge in [0.1, 0.15) is 0 Å². The van der Waals surface area contributed by atoms with Crippen molar-refractivity contribution in [1.29, 1.82) is 0 Å². The van der Waals surface area contributed by atoms with Crippen LogP contribution in [0.4, 0.5) is 5.69 Å². The topological polar surface area (TPSA) is 137 Å². The zero-order valence-electron chi connectivity index (χ0n) is 23.1. The van der Waals surface area contributed by atoms with Crippen LogP contribution in [0, 0.1) is 11.3 Å². The molecule has 3 rings (SSSR count). The van der Waals surface area contributed by atoms with Crippen molar-refractivity contribution in [2.24, 2.45) is 15.7 Å². The van der Waals surface area contributed by atoms with Gasteiger partial charge in [-0.15, -0.1) is 15.7 Å². The molecule has 0 radical (unpaired) electrons. The van der Waals surface area contributed by atoms with E-state index in [1.54, 1.807) is 11.6 Å². The fourth-order valence-electron chi connectivity index (χ4n) is 3.97. The van der Waals surface area contributed by atoms with Crippen LogP contribution in [-0.4, -0.2) is 52.4 Å². The third-order valence-corrected chi connectivity index (χ3v) is 10.3. The summed E-state index contributed by atoms with van der Waals surface area (Å²) in [7, 11) is -2.36. The molecule has 0 amide bonds. The molecular weight excluding hydrogens is 534 g/mol. The molecule has 2 aromatic rings. The van der Waals surface area contributed by atoms with E-state index in [1.807, 2.05) is 26.1 Å². The van der Waals surface area contributed by atoms with Gasteiger partial charge in [-0.3, -0.25) is 5.32 Å². The van der Waals surface area contributed by atoms with E-state index in [-0.39, 0.29) is 39.3 Å². The number of thiophene rings is 1. The highest BCUT2D eigenvalue weighted by atomic mass is 32.2. The van der Waals surface area contributed by atoms with Gasteiger partial charge in [-0.05, 0) is 26.9 Å². The Kier molecular flexibility index (Phi) is 8.80. The van der Waals surface area contributed by atoms with Crippen LogP contribution in [-0.2, 0) is 26.6 Å². The number of rotatable bonds is 8. The minimum absolute atomic E-state index is 0.0299. The lowest BCUT2D eigenvalue weighted by molar-refractivity contribution is -0.704. The number of amidine groups is 1. The molecular formula is C24H41N5O5S3+2. The molecule has 13 heteroatoms. The predicted octanol–water partition coefficient (Wildman–Crippen LogP) is 2.37. The normalized spacial score (nSPS) is 18.7. The molecule has 2 atom stereocenters. The van der Waals surface area contributed by atoms with Crippen molar-refractivity contribution in [3.63, 3.8) is 0 Å². The number of hydrogen-bond acceptors (Lipinski definition) is 6. The van der Waals surface area contributed by atoms with Crippen molar-refractivity contribution in [2.45, 2.75) is 71.1 Å². The lowest BCUT2D eigenvalue weighted by Crippen LogP contribution is -2.94. The van der Waals surface area contributed by atoms with Crippen LogP contribution in [0.25, 0.3) is 0 Å². The number of hydrogen-bond donors (Lipinski definition) is 3. The van der Waals surface area contributed by atoms with Gasteiger partial charge in [-0.25, -0.2) is 18.1 Å². The Balaban J connectivity index is 1.72. The minimum atomic E-state index is -3.86. The molecule has 37 heavy (non-hydrogen) atoms. The summed E-state index contributed by atoms with van der Waals surface area (Å²) in [4.78, 5) is 0. The Labute approximate surface area is 226 Å². The third kappa shape index (κ3) is 7.08. The molecule has 3 heterocycles. The maximum Gasteiger partial charge on any atom is 0.271 e. The molecule has 0 aromatic carbocycles. The molecule has 1 aliphatic heterocycles. The first-order chi connectivity index (χ1) is 16.9. The molecule has 208 valence electrons. The quantitative estimate of drug-likeness (QED) is 0.415. The van der Waals surface area contributed by atoms with Crippen LogP contribution in [0.15, 0.2) is 30.7 Å². The van der Waals surface area contributed by atoms with Crippen molar-refractivity contribution in [2.75, 3.05) is 20.1 Å². The summed E-state index contributed by atoms with van der Waals surface area (Å²) in [5.74, 6) is 1.37. The van der Waals surface area contributed by atoms with Crippen LogP contribution in [0.5, 0.6) is 5.75 Å². The maximum absolute atomic E-state index is 13.0. The number of aromatic hydroxyl groups is 1. The van der Waals surface area contributed by atoms with E-state index >= 15 is 0 Å².